The molecule has 0 bridgehead atoms. The first kappa shape index (κ1) is 17.9. The van der Waals surface area contributed by atoms with Crippen molar-refractivity contribution in [2.45, 2.75) is 25.9 Å². The Labute approximate surface area is 152 Å². The maximum absolute atomic E-state index is 12.5. The monoisotopic (exact) mass is 354 g/mol. The molecule has 1 heterocycles. The number of anilines is 2. The van der Waals surface area contributed by atoms with E-state index in [2.05, 4.69) is 10.6 Å². The molecule has 2 N–H and O–H groups in total. The maximum atomic E-state index is 12.5. The fourth-order valence-corrected chi connectivity index (χ4v) is 2.77. The summed E-state index contributed by atoms with van der Waals surface area (Å²) in [6.07, 6.45) is 2.20. The zero-order valence-corrected chi connectivity index (χ0v) is 14.7. The summed E-state index contributed by atoms with van der Waals surface area (Å²) in [5, 5.41) is 5.51. The Balaban J connectivity index is 1.62. The number of hydrogen-bond acceptors (Lipinski definition) is 4. The lowest BCUT2D eigenvalue weighted by atomic mass is 10.2. The van der Waals surface area contributed by atoms with E-state index in [-0.39, 0.29) is 17.9 Å². The van der Waals surface area contributed by atoms with Crippen LogP contribution in [0, 0.1) is 0 Å². The van der Waals surface area contributed by atoms with Crippen LogP contribution in [0.5, 0.6) is 5.75 Å². The van der Waals surface area contributed by atoms with Gasteiger partial charge in [-0.05, 0) is 49.2 Å². The summed E-state index contributed by atoms with van der Waals surface area (Å²) in [5.41, 5.74) is 1.73. The van der Waals surface area contributed by atoms with E-state index in [9.17, 15) is 9.59 Å². The summed E-state index contributed by atoms with van der Waals surface area (Å²) in [7, 11) is 0. The summed E-state index contributed by atoms with van der Waals surface area (Å²) < 4.78 is 11.3. The van der Waals surface area contributed by atoms with Crippen LogP contribution in [0.3, 0.4) is 0 Å². The van der Waals surface area contributed by atoms with Crippen LogP contribution in [0.4, 0.5) is 11.4 Å². The van der Waals surface area contributed by atoms with Crippen molar-refractivity contribution >= 4 is 23.2 Å². The second-order valence-electron chi connectivity index (χ2n) is 6.19. The third-order valence-corrected chi connectivity index (χ3v) is 4.00. The van der Waals surface area contributed by atoms with Crippen LogP contribution in [0.25, 0.3) is 0 Å². The minimum atomic E-state index is -0.243. The van der Waals surface area contributed by atoms with Crippen molar-refractivity contribution in [1.29, 1.82) is 0 Å². The Morgan fingerprint density at radius 2 is 1.88 bits per heavy atom. The lowest BCUT2D eigenvalue weighted by molar-refractivity contribution is -0.114. The summed E-state index contributed by atoms with van der Waals surface area (Å²) in [6, 6.07) is 14.0. The Kier molecular flexibility index (Phi) is 5.86. The van der Waals surface area contributed by atoms with Crippen molar-refractivity contribution in [3.05, 3.63) is 54.1 Å². The smallest absolute Gasteiger partial charge is 0.255 e. The Bertz CT molecular complexity index is 785. The second kappa shape index (κ2) is 8.49. The molecule has 2 amide bonds. The highest BCUT2D eigenvalue weighted by molar-refractivity contribution is 6.04. The van der Waals surface area contributed by atoms with Gasteiger partial charge >= 0.3 is 0 Å². The van der Waals surface area contributed by atoms with Crippen molar-refractivity contribution in [2.24, 2.45) is 0 Å². The van der Waals surface area contributed by atoms with E-state index >= 15 is 0 Å². The lowest BCUT2D eigenvalue weighted by Gasteiger charge is -2.12. The second-order valence-corrected chi connectivity index (χ2v) is 6.19. The molecule has 1 fully saturated rings. The Morgan fingerprint density at radius 1 is 1.12 bits per heavy atom. The molecule has 0 saturated carbocycles. The van der Waals surface area contributed by atoms with Crippen molar-refractivity contribution in [3.63, 3.8) is 0 Å². The molecule has 0 aromatic heterocycles. The van der Waals surface area contributed by atoms with Gasteiger partial charge in [-0.15, -0.1) is 0 Å². The normalized spacial score (nSPS) is 16.1. The highest BCUT2D eigenvalue weighted by Gasteiger charge is 2.16. The average Bonchev–Trinajstić information content (AvgIpc) is 3.13. The van der Waals surface area contributed by atoms with Gasteiger partial charge < -0.3 is 20.1 Å². The molecule has 1 saturated heterocycles. The molecule has 26 heavy (non-hydrogen) atoms. The van der Waals surface area contributed by atoms with Gasteiger partial charge in [0, 0.05) is 30.5 Å². The minimum Gasteiger partial charge on any atom is -0.491 e. The minimum absolute atomic E-state index is 0.129. The zero-order chi connectivity index (χ0) is 18.4. The molecule has 1 aliphatic rings. The van der Waals surface area contributed by atoms with Gasteiger partial charge in [0.15, 0.2) is 0 Å². The van der Waals surface area contributed by atoms with Gasteiger partial charge in [0.05, 0.1) is 6.10 Å². The third-order valence-electron chi connectivity index (χ3n) is 4.00. The number of amides is 2. The fraction of sp³-hybridized carbons (Fsp3) is 0.300. The Morgan fingerprint density at radius 3 is 2.62 bits per heavy atom. The molecule has 0 radical (unpaired) electrons. The van der Waals surface area contributed by atoms with Gasteiger partial charge in [-0.25, -0.2) is 0 Å². The molecule has 1 aliphatic heterocycles. The van der Waals surface area contributed by atoms with E-state index in [0.29, 0.717) is 29.3 Å². The summed E-state index contributed by atoms with van der Waals surface area (Å²) in [5.74, 6) is 0.234. The van der Waals surface area contributed by atoms with E-state index in [1.54, 1.807) is 42.5 Å². The maximum Gasteiger partial charge on any atom is 0.255 e. The number of hydrogen-bond donors (Lipinski definition) is 2. The van der Waals surface area contributed by atoms with Crippen LogP contribution in [0.15, 0.2) is 48.5 Å². The number of rotatable bonds is 6. The molecule has 0 aliphatic carbocycles. The predicted molar refractivity (Wildman–Crippen MR) is 99.6 cm³/mol. The molecule has 1 atom stereocenters. The first-order valence-corrected chi connectivity index (χ1v) is 8.63. The van der Waals surface area contributed by atoms with Crippen molar-refractivity contribution in [3.8, 4) is 5.75 Å². The van der Waals surface area contributed by atoms with Gasteiger partial charge in [-0.2, -0.15) is 0 Å². The van der Waals surface area contributed by atoms with Crippen LogP contribution < -0.4 is 15.4 Å². The molecule has 6 nitrogen and oxygen atoms in total. The molecule has 1 unspecified atom stereocenters. The van der Waals surface area contributed by atoms with Crippen LogP contribution in [0.1, 0.15) is 30.1 Å². The van der Waals surface area contributed by atoms with Gasteiger partial charge in [0.25, 0.3) is 5.91 Å². The number of carbonyl (C=O) groups is 2. The quantitative estimate of drug-likeness (QED) is 0.833. The van der Waals surface area contributed by atoms with Gasteiger partial charge in [-0.3, -0.25) is 9.59 Å². The molecule has 6 heteroatoms. The predicted octanol–water partition coefficient (Wildman–Crippen LogP) is 3.46. The SMILES string of the molecule is CC(=O)Nc1cccc(NC(=O)c2cccc(OCC3CCCO3)c2)c1. The van der Waals surface area contributed by atoms with Gasteiger partial charge in [-0.1, -0.05) is 12.1 Å². The van der Waals surface area contributed by atoms with Gasteiger partial charge in [0.2, 0.25) is 5.91 Å². The van der Waals surface area contributed by atoms with E-state index < -0.39 is 0 Å². The first-order chi connectivity index (χ1) is 12.6. The molecular formula is C20H22N2O4. The molecule has 2 aromatic carbocycles. The number of carbonyl (C=O) groups excluding carboxylic acids is 2. The summed E-state index contributed by atoms with van der Waals surface area (Å²) in [4.78, 5) is 23.6. The zero-order valence-electron chi connectivity index (χ0n) is 14.7. The topological polar surface area (TPSA) is 76.7 Å². The van der Waals surface area contributed by atoms with Crippen LogP contribution >= 0.6 is 0 Å². The third kappa shape index (κ3) is 5.07. The van der Waals surface area contributed by atoms with E-state index in [0.717, 1.165) is 19.4 Å². The van der Waals surface area contributed by atoms with Gasteiger partial charge in [0.1, 0.15) is 12.4 Å². The molecule has 3 rings (SSSR count). The average molecular weight is 354 g/mol. The summed E-state index contributed by atoms with van der Waals surface area (Å²) in [6.45, 7) is 2.71. The first-order valence-electron chi connectivity index (χ1n) is 8.63. The Hall–Kier alpha value is -2.86. The van der Waals surface area contributed by atoms with Crippen LogP contribution in [-0.2, 0) is 9.53 Å². The van der Waals surface area contributed by atoms with Crippen LogP contribution in [-0.4, -0.2) is 31.1 Å². The van der Waals surface area contributed by atoms with E-state index in [4.69, 9.17) is 9.47 Å². The lowest BCUT2D eigenvalue weighted by Crippen LogP contribution is -2.17. The summed E-state index contributed by atoms with van der Waals surface area (Å²) >= 11 is 0. The molecule has 0 spiro atoms. The standard InChI is InChI=1S/C20H22N2O4/c1-14(23)21-16-6-3-7-17(12-16)22-20(24)15-5-2-8-18(11-15)26-13-19-9-4-10-25-19/h2-3,5-8,11-12,19H,4,9-10,13H2,1H3,(H,21,23)(H,22,24). The molecule has 136 valence electrons. The van der Waals surface area contributed by atoms with Crippen molar-refractivity contribution < 1.29 is 19.1 Å². The van der Waals surface area contributed by atoms with E-state index in [1.807, 2.05) is 6.07 Å². The van der Waals surface area contributed by atoms with Crippen LogP contribution in [0.2, 0.25) is 0 Å². The largest absolute Gasteiger partial charge is 0.491 e. The molecule has 2 aromatic rings. The van der Waals surface area contributed by atoms with Crippen molar-refractivity contribution in [2.75, 3.05) is 23.8 Å². The number of nitrogens with one attached hydrogen (secondary N) is 2. The number of benzene rings is 2. The fourth-order valence-electron chi connectivity index (χ4n) is 2.77. The molecular weight excluding hydrogens is 332 g/mol. The highest BCUT2D eigenvalue weighted by Crippen LogP contribution is 2.19. The highest BCUT2D eigenvalue weighted by atomic mass is 16.5. The van der Waals surface area contributed by atoms with Crippen molar-refractivity contribution in [1.82, 2.24) is 0 Å². The number of ether oxygens (including phenoxy) is 2. The van der Waals surface area contributed by atoms with E-state index in [1.165, 1.54) is 6.92 Å².